The number of hydrogen-bond donors (Lipinski definition) is 1. The van der Waals surface area contributed by atoms with Crippen LogP contribution in [0.5, 0.6) is 0 Å². The molecule has 1 aliphatic rings. The Morgan fingerprint density at radius 1 is 1.29 bits per heavy atom. The Morgan fingerprint density at radius 2 is 1.96 bits per heavy atom. The van der Waals surface area contributed by atoms with Crippen LogP contribution in [0.2, 0.25) is 0 Å². The Kier molecular flexibility index (Phi) is 4.22. The molecule has 3 rings (SSSR count). The minimum absolute atomic E-state index is 0.0145. The summed E-state index contributed by atoms with van der Waals surface area (Å²) >= 11 is 0. The normalized spacial score (nSPS) is 15.3. The van der Waals surface area contributed by atoms with Gasteiger partial charge in [-0.3, -0.25) is 14.7 Å². The second-order valence-electron chi connectivity index (χ2n) is 5.73. The molecule has 0 amide bonds. The number of aromatic nitrogens is 2. The highest BCUT2D eigenvalue weighted by Gasteiger charge is 2.24. The number of sulfone groups is 1. The molecule has 0 aliphatic carbocycles. The Hall–Kier alpha value is -2.13. The van der Waals surface area contributed by atoms with Gasteiger partial charge in [0.05, 0.1) is 5.69 Å². The summed E-state index contributed by atoms with van der Waals surface area (Å²) in [6.45, 7) is 0.583. The van der Waals surface area contributed by atoms with E-state index >= 15 is 0 Å². The van der Waals surface area contributed by atoms with Crippen LogP contribution in [0.1, 0.15) is 16.8 Å². The highest BCUT2D eigenvalue weighted by molar-refractivity contribution is 7.90. The molecule has 0 saturated carbocycles. The van der Waals surface area contributed by atoms with E-state index in [0.717, 1.165) is 6.26 Å². The van der Waals surface area contributed by atoms with Crippen molar-refractivity contribution < 1.29 is 17.2 Å². The molecule has 2 aromatic rings. The van der Waals surface area contributed by atoms with E-state index in [4.69, 9.17) is 0 Å². The number of H-pyrrole nitrogens is 1. The van der Waals surface area contributed by atoms with E-state index in [2.05, 4.69) is 9.97 Å². The number of aromatic amines is 1. The van der Waals surface area contributed by atoms with Crippen molar-refractivity contribution in [3.63, 3.8) is 0 Å². The van der Waals surface area contributed by atoms with E-state index in [-0.39, 0.29) is 18.7 Å². The largest absolute Gasteiger partial charge is 0.297 e. The van der Waals surface area contributed by atoms with Crippen molar-refractivity contribution in [3.05, 3.63) is 57.0 Å². The SMILES string of the molecule is CS(=O)(=O)c1nc2c(c(=O)[nH]1)CCN(Cc1c(F)cccc1F)C2. The lowest BCUT2D eigenvalue weighted by Crippen LogP contribution is -2.36. The molecule has 0 spiro atoms. The fraction of sp³-hybridized carbons (Fsp3) is 0.333. The van der Waals surface area contributed by atoms with E-state index in [0.29, 0.717) is 24.2 Å². The van der Waals surface area contributed by atoms with Gasteiger partial charge in [0, 0.05) is 37.0 Å². The number of halogens is 2. The summed E-state index contributed by atoms with van der Waals surface area (Å²) in [7, 11) is -3.65. The molecule has 1 aromatic heterocycles. The molecule has 0 atom stereocenters. The highest BCUT2D eigenvalue weighted by atomic mass is 32.2. The van der Waals surface area contributed by atoms with Gasteiger partial charge in [-0.1, -0.05) is 6.07 Å². The van der Waals surface area contributed by atoms with Crippen molar-refractivity contribution in [2.45, 2.75) is 24.7 Å². The monoisotopic (exact) mass is 355 g/mol. The Labute approximate surface area is 137 Å². The second kappa shape index (κ2) is 6.06. The first-order chi connectivity index (χ1) is 11.3. The predicted octanol–water partition coefficient (Wildman–Crippen LogP) is 1.01. The van der Waals surface area contributed by atoms with Crippen molar-refractivity contribution in [2.24, 2.45) is 0 Å². The van der Waals surface area contributed by atoms with Crippen LogP contribution in [-0.4, -0.2) is 36.1 Å². The zero-order valence-electron chi connectivity index (χ0n) is 12.8. The maximum atomic E-state index is 13.8. The van der Waals surface area contributed by atoms with Crippen LogP contribution in [0.3, 0.4) is 0 Å². The van der Waals surface area contributed by atoms with Crippen LogP contribution in [0.4, 0.5) is 8.78 Å². The first-order valence-corrected chi connectivity index (χ1v) is 9.12. The van der Waals surface area contributed by atoms with Gasteiger partial charge in [-0.15, -0.1) is 0 Å². The van der Waals surface area contributed by atoms with Gasteiger partial charge in [0.25, 0.3) is 5.56 Å². The molecule has 9 heteroatoms. The third kappa shape index (κ3) is 3.22. The van der Waals surface area contributed by atoms with Gasteiger partial charge < -0.3 is 0 Å². The third-order valence-corrected chi connectivity index (χ3v) is 4.82. The van der Waals surface area contributed by atoms with E-state index in [1.54, 1.807) is 4.90 Å². The number of rotatable bonds is 3. The fourth-order valence-corrected chi connectivity index (χ4v) is 3.24. The van der Waals surface area contributed by atoms with Crippen molar-refractivity contribution in [1.29, 1.82) is 0 Å². The number of nitrogens with zero attached hydrogens (tertiary/aromatic N) is 2. The topological polar surface area (TPSA) is 83.1 Å². The average molecular weight is 355 g/mol. The number of hydrogen-bond acceptors (Lipinski definition) is 5. The first kappa shape index (κ1) is 16.7. The van der Waals surface area contributed by atoms with Gasteiger partial charge in [0.1, 0.15) is 11.6 Å². The van der Waals surface area contributed by atoms with Crippen LogP contribution in [0, 0.1) is 11.6 Å². The zero-order valence-corrected chi connectivity index (χ0v) is 13.7. The fourth-order valence-electron chi connectivity index (χ4n) is 2.69. The van der Waals surface area contributed by atoms with E-state index < -0.39 is 32.2 Å². The van der Waals surface area contributed by atoms with E-state index in [9.17, 15) is 22.0 Å². The van der Waals surface area contributed by atoms with Gasteiger partial charge in [-0.2, -0.15) is 0 Å². The minimum Gasteiger partial charge on any atom is -0.297 e. The molecule has 0 bridgehead atoms. The quantitative estimate of drug-likeness (QED) is 0.831. The minimum atomic E-state index is -3.65. The molecule has 1 aromatic carbocycles. The van der Waals surface area contributed by atoms with Gasteiger partial charge in [0.15, 0.2) is 0 Å². The zero-order chi connectivity index (χ0) is 17.5. The molecule has 1 N–H and O–H groups in total. The maximum Gasteiger partial charge on any atom is 0.255 e. The van der Waals surface area contributed by atoms with Crippen molar-refractivity contribution in [3.8, 4) is 0 Å². The molecule has 0 radical (unpaired) electrons. The third-order valence-electron chi connectivity index (χ3n) is 3.93. The molecular formula is C15H15F2N3O3S. The summed E-state index contributed by atoms with van der Waals surface area (Å²) in [5.74, 6) is -1.28. The standard InChI is InChI=1S/C15H15F2N3O3S/c1-24(22,23)15-18-13-8-20(6-5-9(13)14(21)19-15)7-10-11(16)3-2-4-12(10)17/h2-4H,5-8H2,1H3,(H,18,19,21). The lowest BCUT2D eigenvalue weighted by molar-refractivity contribution is 0.232. The Bertz CT molecular complexity index is 937. The van der Waals surface area contributed by atoms with E-state index in [1.165, 1.54) is 18.2 Å². The molecule has 0 fully saturated rings. The van der Waals surface area contributed by atoms with Crippen LogP contribution in [0.15, 0.2) is 28.2 Å². The summed E-state index contributed by atoms with van der Waals surface area (Å²) in [4.78, 5) is 20.0. The number of fused-ring (bicyclic) bond motifs is 1. The predicted molar refractivity (Wildman–Crippen MR) is 82.1 cm³/mol. The van der Waals surface area contributed by atoms with Gasteiger partial charge in [-0.25, -0.2) is 22.2 Å². The summed E-state index contributed by atoms with van der Waals surface area (Å²) in [6, 6.07) is 3.65. The van der Waals surface area contributed by atoms with Gasteiger partial charge in [0.2, 0.25) is 15.0 Å². The van der Waals surface area contributed by atoms with Crippen molar-refractivity contribution >= 4 is 9.84 Å². The summed E-state index contributed by atoms with van der Waals surface area (Å²) in [5, 5.41) is -0.398. The Morgan fingerprint density at radius 3 is 2.58 bits per heavy atom. The molecule has 0 unspecified atom stereocenters. The van der Waals surface area contributed by atoms with Gasteiger partial charge >= 0.3 is 0 Å². The van der Waals surface area contributed by atoms with Crippen LogP contribution in [0.25, 0.3) is 0 Å². The summed E-state index contributed by atoms with van der Waals surface area (Å²) in [5.41, 5.74) is 0.182. The molecule has 0 saturated heterocycles. The summed E-state index contributed by atoms with van der Waals surface area (Å²) in [6.07, 6.45) is 1.28. The molecule has 2 heterocycles. The van der Waals surface area contributed by atoms with Crippen LogP contribution >= 0.6 is 0 Å². The lowest BCUT2D eigenvalue weighted by Gasteiger charge is -2.27. The average Bonchev–Trinajstić information content (AvgIpc) is 2.50. The second-order valence-corrected chi connectivity index (χ2v) is 7.66. The molecule has 1 aliphatic heterocycles. The smallest absolute Gasteiger partial charge is 0.255 e. The molecule has 128 valence electrons. The lowest BCUT2D eigenvalue weighted by atomic mass is 10.1. The number of nitrogens with one attached hydrogen (secondary N) is 1. The molecule has 24 heavy (non-hydrogen) atoms. The summed E-state index contributed by atoms with van der Waals surface area (Å²) < 4.78 is 50.7. The van der Waals surface area contributed by atoms with Crippen LogP contribution in [-0.2, 0) is 29.3 Å². The molecule has 6 nitrogen and oxygen atoms in total. The Balaban J connectivity index is 1.92. The molecular weight excluding hydrogens is 340 g/mol. The maximum absolute atomic E-state index is 13.8. The van der Waals surface area contributed by atoms with Crippen LogP contribution < -0.4 is 5.56 Å². The van der Waals surface area contributed by atoms with Crippen molar-refractivity contribution in [2.75, 3.05) is 12.8 Å². The van der Waals surface area contributed by atoms with Gasteiger partial charge in [-0.05, 0) is 18.6 Å². The van der Waals surface area contributed by atoms with E-state index in [1.807, 2.05) is 0 Å². The first-order valence-electron chi connectivity index (χ1n) is 7.23. The van der Waals surface area contributed by atoms with Crippen molar-refractivity contribution in [1.82, 2.24) is 14.9 Å². The highest BCUT2D eigenvalue weighted by Crippen LogP contribution is 2.20. The number of benzene rings is 1.